The molecule has 1 amide bonds. The number of benzene rings is 3. The maximum atomic E-state index is 12.8. The molecule has 34 heavy (non-hydrogen) atoms. The van der Waals surface area contributed by atoms with E-state index in [0.29, 0.717) is 29.4 Å². The summed E-state index contributed by atoms with van der Waals surface area (Å²) in [4.78, 5) is 12.8. The van der Waals surface area contributed by atoms with E-state index < -0.39 is 15.9 Å². The smallest absolute Gasteiger partial charge is 0.273 e. The van der Waals surface area contributed by atoms with Crippen molar-refractivity contribution in [3.05, 3.63) is 77.9 Å². The van der Waals surface area contributed by atoms with Gasteiger partial charge in [-0.3, -0.25) is 9.52 Å². The van der Waals surface area contributed by atoms with E-state index in [1.807, 2.05) is 6.92 Å². The molecular weight excluding hydrogens is 458 g/mol. The minimum absolute atomic E-state index is 0.0378. The van der Waals surface area contributed by atoms with Crippen LogP contribution in [0, 0.1) is 0 Å². The number of nitrogens with zero attached hydrogens (tertiary/aromatic N) is 1. The molecule has 0 heterocycles. The van der Waals surface area contributed by atoms with Crippen molar-refractivity contribution < 1.29 is 27.4 Å². The van der Waals surface area contributed by atoms with E-state index in [1.165, 1.54) is 37.6 Å². The fourth-order valence-corrected chi connectivity index (χ4v) is 4.08. The maximum absolute atomic E-state index is 12.8. The topological polar surface area (TPSA) is 115 Å². The molecule has 0 atom stereocenters. The van der Waals surface area contributed by atoms with Crippen LogP contribution in [0.25, 0.3) is 0 Å². The first-order valence-corrected chi connectivity index (χ1v) is 11.8. The summed E-state index contributed by atoms with van der Waals surface area (Å²) in [6.45, 7) is 2.31. The van der Waals surface area contributed by atoms with Gasteiger partial charge in [0.15, 0.2) is 0 Å². The van der Waals surface area contributed by atoms with E-state index in [0.717, 1.165) is 0 Å². The minimum Gasteiger partial charge on any atom is -0.497 e. The van der Waals surface area contributed by atoms with Crippen molar-refractivity contribution in [2.45, 2.75) is 11.8 Å². The quantitative estimate of drug-likeness (QED) is 0.336. The molecule has 2 N–H and O–H groups in total. The molecule has 0 aliphatic rings. The van der Waals surface area contributed by atoms with Gasteiger partial charge in [0, 0.05) is 11.6 Å². The number of amides is 1. The van der Waals surface area contributed by atoms with Crippen LogP contribution in [-0.2, 0) is 10.0 Å². The van der Waals surface area contributed by atoms with Crippen LogP contribution in [0.2, 0.25) is 0 Å². The van der Waals surface area contributed by atoms with E-state index >= 15 is 0 Å². The molecule has 0 spiro atoms. The molecule has 0 bridgehead atoms. The fraction of sp³-hybridized carbons (Fsp3) is 0.167. The number of sulfonamides is 1. The highest BCUT2D eigenvalue weighted by atomic mass is 32.2. The van der Waals surface area contributed by atoms with Gasteiger partial charge in [0.1, 0.15) is 17.2 Å². The van der Waals surface area contributed by atoms with Gasteiger partial charge in [-0.05, 0) is 55.5 Å². The Bertz CT molecular complexity index is 1270. The SMILES string of the molecule is CCOc1ccc(S(=O)(=O)Nc2ccccc2C(=O)N/N=C/c2ccc(OC)cc2OC)cc1. The maximum Gasteiger partial charge on any atom is 0.273 e. The summed E-state index contributed by atoms with van der Waals surface area (Å²) in [6.07, 6.45) is 1.42. The summed E-state index contributed by atoms with van der Waals surface area (Å²) in [6, 6.07) is 17.4. The Morgan fingerprint density at radius 2 is 1.68 bits per heavy atom. The zero-order valence-corrected chi connectivity index (χ0v) is 19.8. The van der Waals surface area contributed by atoms with Crippen LogP contribution in [0.1, 0.15) is 22.8 Å². The van der Waals surface area contributed by atoms with Crippen LogP contribution in [0.3, 0.4) is 0 Å². The lowest BCUT2D eigenvalue weighted by molar-refractivity contribution is 0.0956. The number of hydrogen-bond acceptors (Lipinski definition) is 7. The predicted molar refractivity (Wildman–Crippen MR) is 129 cm³/mol. The van der Waals surface area contributed by atoms with E-state index in [-0.39, 0.29) is 16.1 Å². The summed E-state index contributed by atoms with van der Waals surface area (Å²) >= 11 is 0. The van der Waals surface area contributed by atoms with Crippen molar-refractivity contribution in [2.75, 3.05) is 25.5 Å². The van der Waals surface area contributed by atoms with Gasteiger partial charge in [0.05, 0.1) is 43.2 Å². The number of ether oxygens (including phenoxy) is 3. The molecule has 0 radical (unpaired) electrons. The Morgan fingerprint density at radius 3 is 2.35 bits per heavy atom. The highest BCUT2D eigenvalue weighted by molar-refractivity contribution is 7.92. The number of anilines is 1. The van der Waals surface area contributed by atoms with Gasteiger partial charge >= 0.3 is 0 Å². The predicted octanol–water partition coefficient (Wildman–Crippen LogP) is 3.67. The number of para-hydroxylation sites is 1. The molecule has 0 aliphatic heterocycles. The highest BCUT2D eigenvalue weighted by Crippen LogP contribution is 2.24. The van der Waals surface area contributed by atoms with Gasteiger partial charge in [-0.2, -0.15) is 5.10 Å². The van der Waals surface area contributed by atoms with Gasteiger partial charge in [-0.1, -0.05) is 12.1 Å². The minimum atomic E-state index is -3.93. The molecule has 0 unspecified atom stereocenters. The molecule has 3 aromatic rings. The standard InChI is InChI=1S/C24H25N3O6S/c1-4-33-18-11-13-20(14-12-18)34(29,30)27-22-8-6-5-7-21(22)24(28)26-25-16-17-9-10-19(31-2)15-23(17)32-3/h5-16,27H,4H2,1-3H3,(H,26,28)/b25-16+. The molecule has 9 nitrogen and oxygen atoms in total. The van der Waals surface area contributed by atoms with Crippen LogP contribution in [0.5, 0.6) is 17.2 Å². The number of nitrogens with one attached hydrogen (secondary N) is 2. The molecule has 3 aromatic carbocycles. The lowest BCUT2D eigenvalue weighted by atomic mass is 10.2. The van der Waals surface area contributed by atoms with Crippen LogP contribution in [-0.4, -0.2) is 41.4 Å². The first-order valence-electron chi connectivity index (χ1n) is 10.3. The highest BCUT2D eigenvalue weighted by Gasteiger charge is 2.18. The number of carbonyl (C=O) groups excluding carboxylic acids is 1. The van der Waals surface area contributed by atoms with Crippen LogP contribution in [0.4, 0.5) is 5.69 Å². The number of hydrogen-bond donors (Lipinski definition) is 2. The third-order valence-electron chi connectivity index (χ3n) is 4.67. The van der Waals surface area contributed by atoms with E-state index in [9.17, 15) is 13.2 Å². The summed E-state index contributed by atoms with van der Waals surface area (Å²) in [5.41, 5.74) is 3.25. The first-order chi connectivity index (χ1) is 16.4. The van der Waals surface area contributed by atoms with Crippen LogP contribution < -0.4 is 24.4 Å². The van der Waals surface area contributed by atoms with Crippen molar-refractivity contribution >= 4 is 27.8 Å². The summed E-state index contributed by atoms with van der Waals surface area (Å²) in [7, 11) is -0.875. The van der Waals surface area contributed by atoms with E-state index in [4.69, 9.17) is 14.2 Å². The largest absolute Gasteiger partial charge is 0.497 e. The summed E-state index contributed by atoms with van der Waals surface area (Å²) in [5.74, 6) is 1.11. The van der Waals surface area contributed by atoms with Gasteiger partial charge in [0.2, 0.25) is 0 Å². The first kappa shape index (κ1) is 24.6. The zero-order chi connectivity index (χ0) is 24.6. The third kappa shape index (κ3) is 6.04. The van der Waals surface area contributed by atoms with Crippen molar-refractivity contribution in [1.29, 1.82) is 0 Å². The molecule has 0 saturated heterocycles. The second-order valence-electron chi connectivity index (χ2n) is 6.86. The Kier molecular flexibility index (Phi) is 8.10. The summed E-state index contributed by atoms with van der Waals surface area (Å²) < 4.78 is 43.9. The average Bonchev–Trinajstić information content (AvgIpc) is 2.84. The van der Waals surface area contributed by atoms with Crippen molar-refractivity contribution in [2.24, 2.45) is 5.10 Å². The van der Waals surface area contributed by atoms with Gasteiger partial charge in [-0.25, -0.2) is 13.8 Å². The zero-order valence-electron chi connectivity index (χ0n) is 18.9. The van der Waals surface area contributed by atoms with Gasteiger partial charge < -0.3 is 14.2 Å². The Labute approximate surface area is 198 Å². The molecule has 0 aromatic heterocycles. The normalized spacial score (nSPS) is 11.1. The lowest BCUT2D eigenvalue weighted by Crippen LogP contribution is -2.21. The molecular formula is C24H25N3O6S. The molecule has 0 saturated carbocycles. The molecule has 3 rings (SSSR count). The Morgan fingerprint density at radius 1 is 0.971 bits per heavy atom. The van der Waals surface area contributed by atoms with Crippen LogP contribution >= 0.6 is 0 Å². The van der Waals surface area contributed by atoms with Crippen molar-refractivity contribution in [3.63, 3.8) is 0 Å². The molecule has 0 fully saturated rings. The lowest BCUT2D eigenvalue weighted by Gasteiger charge is -2.12. The second-order valence-corrected chi connectivity index (χ2v) is 8.54. The van der Waals surface area contributed by atoms with Crippen molar-refractivity contribution in [3.8, 4) is 17.2 Å². The Hall–Kier alpha value is -4.05. The van der Waals surface area contributed by atoms with Crippen LogP contribution in [0.15, 0.2) is 76.7 Å². The van der Waals surface area contributed by atoms with Crippen molar-refractivity contribution in [1.82, 2.24) is 5.43 Å². The molecule has 178 valence electrons. The van der Waals surface area contributed by atoms with Gasteiger partial charge in [0.25, 0.3) is 15.9 Å². The monoisotopic (exact) mass is 483 g/mol. The number of hydrazone groups is 1. The second kappa shape index (κ2) is 11.2. The van der Waals surface area contributed by atoms with E-state index in [2.05, 4.69) is 15.2 Å². The van der Waals surface area contributed by atoms with Gasteiger partial charge in [-0.15, -0.1) is 0 Å². The number of rotatable bonds is 10. The molecule has 10 heteroatoms. The third-order valence-corrected chi connectivity index (χ3v) is 6.05. The van der Waals surface area contributed by atoms with E-state index in [1.54, 1.807) is 49.6 Å². The number of carbonyl (C=O) groups is 1. The molecule has 0 aliphatic carbocycles. The Balaban J connectivity index is 1.75. The summed E-state index contributed by atoms with van der Waals surface area (Å²) in [5, 5.41) is 3.97. The fourth-order valence-electron chi connectivity index (χ4n) is 3.00. The average molecular weight is 484 g/mol. The number of methoxy groups -OCH3 is 2.